The number of aromatic nitrogens is 1. The second kappa shape index (κ2) is 8.10. The molecular formula is C24H30ClN3O2. The summed E-state index contributed by atoms with van der Waals surface area (Å²) in [6, 6.07) is 11.7. The van der Waals surface area contributed by atoms with Crippen LogP contribution in [0.3, 0.4) is 0 Å². The Labute approximate surface area is 183 Å². The van der Waals surface area contributed by atoms with Gasteiger partial charge in [0, 0.05) is 42.5 Å². The van der Waals surface area contributed by atoms with Crippen molar-refractivity contribution in [2.24, 2.45) is 5.41 Å². The molecule has 0 N–H and O–H groups in total. The van der Waals surface area contributed by atoms with E-state index in [2.05, 4.69) is 31.4 Å². The molecule has 6 heteroatoms. The molecule has 0 bridgehead atoms. The van der Waals surface area contributed by atoms with Crippen LogP contribution < -0.4 is 0 Å². The van der Waals surface area contributed by atoms with E-state index in [0.717, 1.165) is 30.6 Å². The number of benzene rings is 1. The molecule has 1 aliphatic carbocycles. The van der Waals surface area contributed by atoms with Crippen molar-refractivity contribution < 1.29 is 9.59 Å². The summed E-state index contributed by atoms with van der Waals surface area (Å²) in [7, 11) is 0. The van der Waals surface area contributed by atoms with E-state index in [4.69, 9.17) is 11.6 Å². The lowest BCUT2D eigenvalue weighted by atomic mass is 9.91. The van der Waals surface area contributed by atoms with E-state index in [9.17, 15) is 9.59 Å². The molecule has 5 nitrogen and oxygen atoms in total. The standard InChI is InChI=1S/C24H30ClN3O2/c1-24(2,3)15-21(29)28(17-10-11-17)16-22(30)27-14-13-26-12-6-9-20(26)23(27)18-7-4-5-8-19(18)25/h4-9,12,17,23H,10-11,13-16H2,1-3H3/t23-/m1/s1. The molecule has 0 unspecified atom stereocenters. The minimum absolute atomic E-state index is 0.0125. The first-order valence-corrected chi connectivity index (χ1v) is 11.1. The highest BCUT2D eigenvalue weighted by Crippen LogP contribution is 2.37. The highest BCUT2D eigenvalue weighted by atomic mass is 35.5. The molecule has 2 heterocycles. The van der Waals surface area contributed by atoms with E-state index >= 15 is 0 Å². The number of hydrogen-bond acceptors (Lipinski definition) is 2. The van der Waals surface area contributed by atoms with Gasteiger partial charge in [-0.25, -0.2) is 0 Å². The molecule has 0 radical (unpaired) electrons. The second-order valence-corrected chi connectivity index (χ2v) is 10.0. The normalized spacial score (nSPS) is 18.8. The Morgan fingerprint density at radius 1 is 1.10 bits per heavy atom. The van der Waals surface area contributed by atoms with Crippen molar-refractivity contribution in [3.05, 3.63) is 58.9 Å². The molecule has 1 aliphatic heterocycles. The number of amides is 2. The van der Waals surface area contributed by atoms with Gasteiger partial charge in [0.15, 0.2) is 0 Å². The molecule has 160 valence electrons. The van der Waals surface area contributed by atoms with Crippen molar-refractivity contribution in [1.29, 1.82) is 0 Å². The number of hydrogen-bond donors (Lipinski definition) is 0. The van der Waals surface area contributed by atoms with Gasteiger partial charge >= 0.3 is 0 Å². The zero-order valence-corrected chi connectivity index (χ0v) is 18.7. The molecule has 1 fully saturated rings. The molecule has 1 aromatic carbocycles. The van der Waals surface area contributed by atoms with Gasteiger partial charge in [0.2, 0.25) is 11.8 Å². The largest absolute Gasteiger partial charge is 0.348 e. The molecular weight excluding hydrogens is 398 g/mol. The van der Waals surface area contributed by atoms with Gasteiger partial charge in [0.1, 0.15) is 6.54 Å². The van der Waals surface area contributed by atoms with Crippen molar-refractivity contribution in [3.8, 4) is 0 Å². The van der Waals surface area contributed by atoms with Gasteiger partial charge in [-0.05, 0) is 42.0 Å². The first kappa shape index (κ1) is 21.0. The van der Waals surface area contributed by atoms with Crippen LogP contribution in [0.4, 0.5) is 0 Å². The Bertz CT molecular complexity index is 942. The summed E-state index contributed by atoms with van der Waals surface area (Å²) < 4.78 is 2.18. The van der Waals surface area contributed by atoms with Crippen molar-refractivity contribution in [1.82, 2.24) is 14.4 Å². The smallest absolute Gasteiger partial charge is 0.243 e. The Hall–Kier alpha value is -2.27. The van der Waals surface area contributed by atoms with E-state index < -0.39 is 0 Å². The maximum absolute atomic E-state index is 13.5. The van der Waals surface area contributed by atoms with Gasteiger partial charge in [-0.3, -0.25) is 9.59 Å². The van der Waals surface area contributed by atoms with Crippen LogP contribution in [0.5, 0.6) is 0 Å². The summed E-state index contributed by atoms with van der Waals surface area (Å²) >= 11 is 6.54. The molecule has 1 saturated carbocycles. The minimum atomic E-state index is -0.242. The maximum Gasteiger partial charge on any atom is 0.243 e. The number of nitrogens with zero attached hydrogens (tertiary/aromatic N) is 3. The SMILES string of the molecule is CC(C)(C)CC(=O)N(CC(=O)N1CCn2cccc2[C@H]1c1ccccc1Cl)C1CC1. The molecule has 2 amide bonds. The fourth-order valence-corrected chi connectivity index (χ4v) is 4.51. The Morgan fingerprint density at radius 3 is 2.50 bits per heavy atom. The predicted octanol–water partition coefficient (Wildman–Crippen LogP) is 4.50. The van der Waals surface area contributed by atoms with Crippen LogP contribution in [0.15, 0.2) is 42.6 Å². The van der Waals surface area contributed by atoms with Crippen LogP contribution in [0.1, 0.15) is 57.3 Å². The number of rotatable bonds is 5. The van der Waals surface area contributed by atoms with Crippen molar-refractivity contribution in [2.75, 3.05) is 13.1 Å². The lowest BCUT2D eigenvalue weighted by Crippen LogP contribution is -2.49. The summed E-state index contributed by atoms with van der Waals surface area (Å²) in [5.41, 5.74) is 1.88. The first-order valence-electron chi connectivity index (χ1n) is 10.7. The molecule has 1 aromatic heterocycles. The van der Waals surface area contributed by atoms with E-state index in [1.54, 1.807) is 0 Å². The fourth-order valence-electron chi connectivity index (χ4n) is 4.28. The maximum atomic E-state index is 13.5. The van der Waals surface area contributed by atoms with Crippen molar-refractivity contribution >= 4 is 23.4 Å². The summed E-state index contributed by atoms with van der Waals surface area (Å²) in [6.45, 7) is 7.66. The van der Waals surface area contributed by atoms with E-state index in [1.165, 1.54) is 0 Å². The number of carbonyl (C=O) groups excluding carboxylic acids is 2. The average Bonchev–Trinajstić information content (AvgIpc) is 3.40. The average molecular weight is 428 g/mol. The highest BCUT2D eigenvalue weighted by molar-refractivity contribution is 6.31. The highest BCUT2D eigenvalue weighted by Gasteiger charge is 2.39. The van der Waals surface area contributed by atoms with Gasteiger partial charge in [-0.1, -0.05) is 50.6 Å². The first-order chi connectivity index (χ1) is 14.2. The lowest BCUT2D eigenvalue weighted by molar-refractivity contribution is -0.143. The monoisotopic (exact) mass is 427 g/mol. The van der Waals surface area contributed by atoms with Crippen molar-refractivity contribution in [3.63, 3.8) is 0 Å². The van der Waals surface area contributed by atoms with Crippen LogP contribution >= 0.6 is 11.6 Å². The van der Waals surface area contributed by atoms with Gasteiger partial charge in [0.25, 0.3) is 0 Å². The van der Waals surface area contributed by atoms with Crippen LogP contribution in [-0.2, 0) is 16.1 Å². The van der Waals surface area contributed by atoms with Crippen molar-refractivity contribution in [2.45, 2.75) is 58.7 Å². The van der Waals surface area contributed by atoms with E-state index in [-0.39, 0.29) is 35.9 Å². The zero-order valence-electron chi connectivity index (χ0n) is 18.0. The second-order valence-electron chi connectivity index (χ2n) is 9.63. The summed E-state index contributed by atoms with van der Waals surface area (Å²) in [5, 5.41) is 0.651. The van der Waals surface area contributed by atoms with Crippen LogP contribution in [0.25, 0.3) is 0 Å². The van der Waals surface area contributed by atoms with Gasteiger partial charge in [0.05, 0.1) is 6.04 Å². The van der Waals surface area contributed by atoms with Crippen LogP contribution in [-0.4, -0.2) is 45.3 Å². The molecule has 30 heavy (non-hydrogen) atoms. The number of fused-ring (bicyclic) bond motifs is 1. The zero-order chi connectivity index (χ0) is 21.5. The minimum Gasteiger partial charge on any atom is -0.348 e. The Balaban J connectivity index is 1.60. The lowest BCUT2D eigenvalue weighted by Gasteiger charge is -2.39. The van der Waals surface area contributed by atoms with Gasteiger partial charge in [-0.15, -0.1) is 0 Å². The third-order valence-electron chi connectivity index (χ3n) is 5.85. The molecule has 1 atom stereocenters. The quantitative estimate of drug-likeness (QED) is 0.705. The molecule has 2 aliphatic rings. The van der Waals surface area contributed by atoms with E-state index in [0.29, 0.717) is 18.0 Å². The molecule has 4 rings (SSSR count). The molecule has 0 spiro atoms. The summed E-state index contributed by atoms with van der Waals surface area (Å²) in [6.07, 6.45) is 4.47. The molecule has 0 saturated heterocycles. The third kappa shape index (κ3) is 4.41. The number of carbonyl (C=O) groups is 2. The fraction of sp³-hybridized carbons (Fsp3) is 0.500. The third-order valence-corrected chi connectivity index (χ3v) is 6.20. The Kier molecular flexibility index (Phi) is 5.67. The van der Waals surface area contributed by atoms with Crippen LogP contribution in [0.2, 0.25) is 5.02 Å². The topological polar surface area (TPSA) is 45.6 Å². The molecule has 2 aromatic rings. The van der Waals surface area contributed by atoms with Gasteiger partial charge in [-0.2, -0.15) is 0 Å². The summed E-state index contributed by atoms with van der Waals surface area (Å²) in [4.78, 5) is 30.2. The number of halogens is 1. The van der Waals surface area contributed by atoms with Gasteiger partial charge < -0.3 is 14.4 Å². The summed E-state index contributed by atoms with van der Waals surface area (Å²) in [5.74, 6) is 0.0644. The van der Waals surface area contributed by atoms with E-state index in [1.807, 2.05) is 46.3 Å². The van der Waals surface area contributed by atoms with Crippen LogP contribution in [0, 0.1) is 5.41 Å². The Morgan fingerprint density at radius 2 is 1.83 bits per heavy atom. The predicted molar refractivity (Wildman–Crippen MR) is 118 cm³/mol.